The molecule has 1 aromatic heterocycles. The standard InChI is InChI=1S/C30H30N2O4S/c1-34-24-10-12-26-27(17-24)37-29(19-5-11-25-20(16-19)18-32-30(25)33)28(26)36-23-8-6-22(7-9-23)35-15-13-21-4-2-3-14-31-21/h5-12,16-17,21,31H,2-4,13-15,18H2,1H3,(H,32,33). The molecule has 3 aromatic carbocycles. The summed E-state index contributed by atoms with van der Waals surface area (Å²) in [7, 11) is 1.67. The third-order valence-corrected chi connectivity index (χ3v) is 8.28. The molecule has 37 heavy (non-hydrogen) atoms. The number of amides is 1. The van der Waals surface area contributed by atoms with Crippen molar-refractivity contribution in [1.82, 2.24) is 10.6 Å². The first-order valence-corrected chi connectivity index (χ1v) is 13.7. The Bertz CT molecular complexity index is 1420. The van der Waals surface area contributed by atoms with Gasteiger partial charge in [0.15, 0.2) is 5.75 Å². The summed E-state index contributed by atoms with van der Waals surface area (Å²) in [6.45, 7) is 2.37. The van der Waals surface area contributed by atoms with Crippen LogP contribution < -0.4 is 24.8 Å². The molecular weight excluding hydrogens is 484 g/mol. The summed E-state index contributed by atoms with van der Waals surface area (Å²) in [6.07, 6.45) is 4.83. The minimum Gasteiger partial charge on any atom is -0.497 e. The Morgan fingerprint density at radius 2 is 1.81 bits per heavy atom. The Morgan fingerprint density at radius 3 is 2.62 bits per heavy atom. The lowest BCUT2D eigenvalue weighted by Gasteiger charge is -2.23. The molecule has 1 unspecified atom stereocenters. The zero-order valence-electron chi connectivity index (χ0n) is 20.8. The summed E-state index contributed by atoms with van der Waals surface area (Å²) >= 11 is 1.66. The van der Waals surface area contributed by atoms with Crippen molar-refractivity contribution < 1.29 is 19.0 Å². The maximum atomic E-state index is 12.0. The van der Waals surface area contributed by atoms with Crippen LogP contribution in [0.2, 0.25) is 0 Å². The Hall–Kier alpha value is -3.55. The van der Waals surface area contributed by atoms with Crippen molar-refractivity contribution in [2.24, 2.45) is 0 Å². The van der Waals surface area contributed by atoms with Gasteiger partial charge in [-0.3, -0.25) is 4.79 Å². The summed E-state index contributed by atoms with van der Waals surface area (Å²) in [5, 5.41) is 7.49. The van der Waals surface area contributed by atoms with E-state index in [-0.39, 0.29) is 5.91 Å². The second-order valence-corrected chi connectivity index (χ2v) is 10.6. The van der Waals surface area contributed by atoms with Crippen LogP contribution in [0.25, 0.3) is 20.5 Å². The van der Waals surface area contributed by atoms with E-state index in [1.54, 1.807) is 18.4 Å². The summed E-state index contributed by atoms with van der Waals surface area (Å²) in [5.41, 5.74) is 2.78. The largest absolute Gasteiger partial charge is 0.497 e. The fourth-order valence-electron chi connectivity index (χ4n) is 5.06. The minimum atomic E-state index is -0.0172. The van der Waals surface area contributed by atoms with Gasteiger partial charge in [0.1, 0.15) is 17.2 Å². The second-order valence-electron chi connectivity index (χ2n) is 9.53. The predicted octanol–water partition coefficient (Wildman–Crippen LogP) is 6.52. The normalized spacial score (nSPS) is 16.9. The molecule has 190 valence electrons. The molecular formula is C30H30N2O4S. The van der Waals surface area contributed by atoms with E-state index >= 15 is 0 Å². The van der Waals surface area contributed by atoms with Crippen LogP contribution in [-0.2, 0) is 6.54 Å². The van der Waals surface area contributed by atoms with E-state index in [0.29, 0.717) is 19.2 Å². The smallest absolute Gasteiger partial charge is 0.251 e. The number of nitrogens with one attached hydrogen (secondary N) is 2. The van der Waals surface area contributed by atoms with Crippen LogP contribution in [0.3, 0.4) is 0 Å². The van der Waals surface area contributed by atoms with E-state index in [4.69, 9.17) is 14.2 Å². The third kappa shape index (κ3) is 5.02. The highest BCUT2D eigenvalue weighted by atomic mass is 32.1. The van der Waals surface area contributed by atoms with E-state index in [1.165, 1.54) is 19.3 Å². The van der Waals surface area contributed by atoms with Crippen molar-refractivity contribution in [1.29, 1.82) is 0 Å². The number of piperidine rings is 1. The van der Waals surface area contributed by atoms with Gasteiger partial charge < -0.3 is 24.8 Å². The zero-order valence-corrected chi connectivity index (χ0v) is 21.7. The fraction of sp³-hybridized carbons (Fsp3) is 0.300. The van der Waals surface area contributed by atoms with Crippen molar-refractivity contribution in [2.75, 3.05) is 20.3 Å². The molecule has 1 fully saturated rings. The van der Waals surface area contributed by atoms with E-state index in [0.717, 1.165) is 67.6 Å². The Balaban J connectivity index is 1.25. The first-order chi connectivity index (χ1) is 18.2. The molecule has 6 rings (SSSR count). The molecule has 2 aliphatic rings. The number of carbonyl (C=O) groups excluding carboxylic acids is 1. The maximum absolute atomic E-state index is 12.0. The van der Waals surface area contributed by atoms with Crippen molar-refractivity contribution in [3.63, 3.8) is 0 Å². The van der Waals surface area contributed by atoms with Crippen LogP contribution in [-0.4, -0.2) is 32.2 Å². The highest BCUT2D eigenvalue weighted by Crippen LogP contribution is 2.47. The number of carbonyl (C=O) groups is 1. The summed E-state index contributed by atoms with van der Waals surface area (Å²) in [4.78, 5) is 13.1. The monoisotopic (exact) mass is 514 g/mol. The number of benzene rings is 3. The average Bonchev–Trinajstić information content (AvgIpc) is 3.49. The molecule has 1 amide bonds. The molecule has 0 bridgehead atoms. The molecule has 1 atom stereocenters. The SMILES string of the molecule is COc1ccc2c(Oc3ccc(OCCC4CCCCN4)cc3)c(-c3ccc4c(c3)CNC4=O)sc2c1. The lowest BCUT2D eigenvalue weighted by Crippen LogP contribution is -2.35. The van der Waals surface area contributed by atoms with E-state index in [1.807, 2.05) is 54.6 Å². The van der Waals surface area contributed by atoms with Crippen molar-refractivity contribution >= 4 is 27.3 Å². The second kappa shape index (κ2) is 10.4. The van der Waals surface area contributed by atoms with E-state index < -0.39 is 0 Å². The van der Waals surface area contributed by atoms with Crippen LogP contribution in [0, 0.1) is 0 Å². The molecule has 0 spiro atoms. The average molecular weight is 515 g/mol. The lowest BCUT2D eigenvalue weighted by molar-refractivity contribution is 0.0965. The van der Waals surface area contributed by atoms with Crippen LogP contribution in [0.4, 0.5) is 0 Å². The van der Waals surface area contributed by atoms with Gasteiger partial charge in [0.2, 0.25) is 0 Å². The number of rotatable bonds is 8. The molecule has 4 aromatic rings. The Labute approximate surface area is 220 Å². The van der Waals surface area contributed by atoms with Gasteiger partial charge in [-0.05, 0) is 91.5 Å². The van der Waals surface area contributed by atoms with Gasteiger partial charge in [-0.25, -0.2) is 0 Å². The molecule has 0 saturated carbocycles. The Kier molecular flexibility index (Phi) is 6.72. The van der Waals surface area contributed by atoms with Gasteiger partial charge >= 0.3 is 0 Å². The number of fused-ring (bicyclic) bond motifs is 2. The summed E-state index contributed by atoms with van der Waals surface area (Å²) < 4.78 is 19.0. The topological polar surface area (TPSA) is 68.8 Å². The molecule has 2 N–H and O–H groups in total. The molecule has 0 aliphatic carbocycles. The highest BCUT2D eigenvalue weighted by molar-refractivity contribution is 7.22. The number of ether oxygens (including phenoxy) is 3. The Morgan fingerprint density at radius 1 is 0.973 bits per heavy atom. The van der Waals surface area contributed by atoms with Crippen molar-refractivity contribution in [3.05, 3.63) is 71.8 Å². The summed E-state index contributed by atoms with van der Waals surface area (Å²) in [6, 6.07) is 20.4. The number of hydrogen-bond donors (Lipinski definition) is 2. The van der Waals surface area contributed by atoms with Crippen LogP contribution in [0.5, 0.6) is 23.0 Å². The van der Waals surface area contributed by atoms with Gasteiger partial charge in [-0.2, -0.15) is 0 Å². The number of methoxy groups -OCH3 is 1. The third-order valence-electron chi connectivity index (χ3n) is 7.09. The van der Waals surface area contributed by atoms with Gasteiger partial charge in [-0.15, -0.1) is 11.3 Å². The van der Waals surface area contributed by atoms with Crippen molar-refractivity contribution in [3.8, 4) is 33.4 Å². The highest BCUT2D eigenvalue weighted by Gasteiger charge is 2.22. The fourth-order valence-corrected chi connectivity index (χ4v) is 6.21. The lowest BCUT2D eigenvalue weighted by atomic mass is 10.0. The van der Waals surface area contributed by atoms with Crippen LogP contribution in [0.1, 0.15) is 41.6 Å². The quantitative estimate of drug-likeness (QED) is 0.280. The summed E-state index contributed by atoms with van der Waals surface area (Å²) in [5.74, 6) is 3.18. The molecule has 2 aliphatic heterocycles. The van der Waals surface area contributed by atoms with Gasteiger partial charge in [0.25, 0.3) is 5.91 Å². The first-order valence-electron chi connectivity index (χ1n) is 12.8. The molecule has 3 heterocycles. The van der Waals surface area contributed by atoms with Crippen LogP contribution in [0.15, 0.2) is 60.7 Å². The van der Waals surface area contributed by atoms with Crippen LogP contribution >= 0.6 is 11.3 Å². The van der Waals surface area contributed by atoms with E-state index in [2.05, 4.69) is 16.7 Å². The number of hydrogen-bond acceptors (Lipinski definition) is 6. The van der Waals surface area contributed by atoms with Crippen molar-refractivity contribution in [2.45, 2.75) is 38.3 Å². The van der Waals surface area contributed by atoms with Gasteiger partial charge in [0, 0.05) is 28.2 Å². The maximum Gasteiger partial charge on any atom is 0.251 e. The van der Waals surface area contributed by atoms with Gasteiger partial charge in [-0.1, -0.05) is 12.5 Å². The number of thiophene rings is 1. The molecule has 6 nitrogen and oxygen atoms in total. The van der Waals surface area contributed by atoms with E-state index in [9.17, 15) is 4.79 Å². The minimum absolute atomic E-state index is 0.0172. The first kappa shape index (κ1) is 23.8. The molecule has 0 radical (unpaired) electrons. The molecule has 7 heteroatoms. The van der Waals surface area contributed by atoms with Gasteiger partial charge in [0.05, 0.1) is 18.6 Å². The molecule has 1 saturated heterocycles. The predicted molar refractivity (Wildman–Crippen MR) is 147 cm³/mol. The zero-order chi connectivity index (χ0) is 25.2.